The van der Waals surface area contributed by atoms with Gasteiger partial charge in [-0.25, -0.2) is 4.39 Å². The number of aryl methyl sites for hydroxylation is 1. The van der Waals surface area contributed by atoms with Crippen LogP contribution in [-0.4, -0.2) is 40.2 Å². The lowest BCUT2D eigenvalue weighted by Crippen LogP contribution is -2.23. The van der Waals surface area contributed by atoms with Crippen molar-refractivity contribution in [3.63, 3.8) is 0 Å². The second-order valence-electron chi connectivity index (χ2n) is 6.74. The molecule has 1 atom stereocenters. The number of hydrogen-bond donors (Lipinski definition) is 1. The minimum absolute atomic E-state index is 0.0763. The summed E-state index contributed by atoms with van der Waals surface area (Å²) in [5.74, 6) is -0.112. The van der Waals surface area contributed by atoms with Crippen LogP contribution >= 0.6 is 15.9 Å². The van der Waals surface area contributed by atoms with Crippen molar-refractivity contribution in [1.82, 2.24) is 9.78 Å². The van der Waals surface area contributed by atoms with Gasteiger partial charge in [0.15, 0.2) is 5.82 Å². The third-order valence-electron chi connectivity index (χ3n) is 4.77. The van der Waals surface area contributed by atoms with Crippen molar-refractivity contribution in [2.24, 2.45) is 7.05 Å². The fourth-order valence-corrected chi connectivity index (χ4v) is 3.84. The number of β-amino-alcohol motifs (C(OH)–C–C–N with tert-alkyl or cyclic N) is 1. The number of nitriles is 1. The Labute approximate surface area is 158 Å². The number of aliphatic hydroxyl groups excluding tert-OH is 1. The second kappa shape index (κ2) is 6.56. The lowest BCUT2D eigenvalue weighted by atomic mass is 10.0. The average molecular weight is 421 g/mol. The third kappa shape index (κ3) is 2.95. The molecule has 0 amide bonds. The van der Waals surface area contributed by atoms with Crippen molar-refractivity contribution in [2.75, 3.05) is 18.0 Å². The number of aromatic nitrogens is 2. The van der Waals surface area contributed by atoms with Gasteiger partial charge in [0.05, 0.1) is 39.8 Å². The maximum Gasteiger partial charge on any atom is 0.157 e. The molecule has 6 nitrogen and oxygen atoms in total. The van der Waals surface area contributed by atoms with Crippen LogP contribution in [0.5, 0.6) is 5.75 Å². The van der Waals surface area contributed by atoms with Crippen molar-refractivity contribution in [2.45, 2.75) is 31.5 Å². The molecule has 1 aromatic heterocycles. The fourth-order valence-electron chi connectivity index (χ4n) is 3.30. The predicted molar refractivity (Wildman–Crippen MR) is 97.5 cm³/mol. The first-order chi connectivity index (χ1) is 12.5. The molecular weight excluding hydrogens is 403 g/mol. The summed E-state index contributed by atoms with van der Waals surface area (Å²) in [5, 5.41) is 23.7. The largest absolute Gasteiger partial charge is 0.489 e. The molecule has 1 saturated carbocycles. The van der Waals surface area contributed by atoms with E-state index < -0.39 is 11.9 Å². The first kappa shape index (κ1) is 17.3. The van der Waals surface area contributed by atoms with Crippen LogP contribution in [0, 0.1) is 17.1 Å². The molecule has 2 heterocycles. The molecule has 2 aliphatic rings. The van der Waals surface area contributed by atoms with Crippen LogP contribution in [0.25, 0.3) is 11.3 Å². The molecule has 8 heteroatoms. The molecule has 1 aliphatic heterocycles. The van der Waals surface area contributed by atoms with E-state index in [1.165, 1.54) is 4.68 Å². The highest BCUT2D eigenvalue weighted by atomic mass is 79.9. The Hall–Kier alpha value is -2.11. The van der Waals surface area contributed by atoms with E-state index in [0.717, 1.165) is 12.8 Å². The number of halogens is 2. The van der Waals surface area contributed by atoms with E-state index in [4.69, 9.17) is 4.74 Å². The first-order valence-electron chi connectivity index (χ1n) is 8.53. The Morgan fingerprint density at radius 3 is 2.73 bits per heavy atom. The van der Waals surface area contributed by atoms with E-state index in [1.807, 2.05) is 0 Å². The summed E-state index contributed by atoms with van der Waals surface area (Å²) in [6.07, 6.45) is 3.62. The predicted octanol–water partition coefficient (Wildman–Crippen LogP) is 2.97. The van der Waals surface area contributed by atoms with Gasteiger partial charge in [-0.15, -0.1) is 0 Å². The van der Waals surface area contributed by atoms with Gasteiger partial charge >= 0.3 is 0 Å². The van der Waals surface area contributed by atoms with Gasteiger partial charge in [-0.2, -0.15) is 10.4 Å². The Kier molecular flexibility index (Phi) is 4.37. The monoisotopic (exact) mass is 420 g/mol. The van der Waals surface area contributed by atoms with Crippen LogP contribution in [0.2, 0.25) is 0 Å². The van der Waals surface area contributed by atoms with Gasteiger partial charge in [0.1, 0.15) is 17.4 Å². The number of benzene rings is 1. The van der Waals surface area contributed by atoms with Crippen molar-refractivity contribution < 1.29 is 14.2 Å². The van der Waals surface area contributed by atoms with Crippen molar-refractivity contribution in [3.05, 3.63) is 28.1 Å². The highest BCUT2D eigenvalue weighted by Crippen LogP contribution is 2.43. The minimum atomic E-state index is -0.497. The van der Waals surface area contributed by atoms with Gasteiger partial charge in [-0.05, 0) is 35.2 Å². The van der Waals surface area contributed by atoms with Crippen LogP contribution in [-0.2, 0) is 7.05 Å². The fraction of sp³-hybridized carbons (Fsp3) is 0.444. The van der Waals surface area contributed by atoms with Crippen LogP contribution in [0.4, 0.5) is 10.1 Å². The molecule has 2 aromatic rings. The summed E-state index contributed by atoms with van der Waals surface area (Å²) in [6.45, 7) is 0.913. The summed E-state index contributed by atoms with van der Waals surface area (Å²) >= 11 is 3.40. The number of anilines is 1. The van der Waals surface area contributed by atoms with Gasteiger partial charge in [0, 0.05) is 26.2 Å². The summed E-state index contributed by atoms with van der Waals surface area (Å²) in [7, 11) is 1.70. The molecule has 26 heavy (non-hydrogen) atoms. The van der Waals surface area contributed by atoms with Crippen LogP contribution in [0.15, 0.2) is 16.7 Å². The molecule has 1 unspecified atom stereocenters. The lowest BCUT2D eigenvalue weighted by Gasteiger charge is -2.23. The number of ether oxygens (including phenoxy) is 1. The van der Waals surface area contributed by atoms with Gasteiger partial charge in [0.25, 0.3) is 0 Å². The SMILES string of the molecule is Cn1ncc(Br)c1-c1c(F)c(N2CCC(O)C2)cc(OC2CC2)c1C#N. The molecule has 2 fully saturated rings. The zero-order valence-electron chi connectivity index (χ0n) is 14.2. The highest BCUT2D eigenvalue weighted by Gasteiger charge is 2.32. The summed E-state index contributed by atoms with van der Waals surface area (Å²) in [4.78, 5) is 1.80. The maximum absolute atomic E-state index is 15.6. The average Bonchev–Trinajstić information content (AvgIpc) is 3.23. The minimum Gasteiger partial charge on any atom is -0.489 e. The zero-order valence-corrected chi connectivity index (χ0v) is 15.8. The van der Waals surface area contributed by atoms with Crippen LogP contribution in [0.3, 0.4) is 0 Å². The molecule has 0 bridgehead atoms. The maximum atomic E-state index is 15.6. The normalized spacial score (nSPS) is 19.7. The Morgan fingerprint density at radius 2 is 2.19 bits per heavy atom. The van der Waals surface area contributed by atoms with E-state index in [1.54, 1.807) is 24.2 Å². The van der Waals surface area contributed by atoms with Gasteiger partial charge in [-0.1, -0.05) is 0 Å². The molecule has 0 spiro atoms. The quantitative estimate of drug-likeness (QED) is 0.822. The molecular formula is C18H18BrFN4O2. The second-order valence-corrected chi connectivity index (χ2v) is 7.59. The molecule has 1 aromatic carbocycles. The third-order valence-corrected chi connectivity index (χ3v) is 5.35. The van der Waals surface area contributed by atoms with E-state index >= 15 is 4.39 Å². The number of nitrogens with zero attached hydrogens (tertiary/aromatic N) is 4. The van der Waals surface area contributed by atoms with Crippen molar-refractivity contribution in [3.8, 4) is 23.1 Å². The van der Waals surface area contributed by atoms with Crippen molar-refractivity contribution in [1.29, 1.82) is 5.26 Å². The highest BCUT2D eigenvalue weighted by molar-refractivity contribution is 9.10. The molecule has 0 radical (unpaired) electrons. The summed E-state index contributed by atoms with van der Waals surface area (Å²) in [6, 6.07) is 3.71. The molecule has 1 N–H and O–H groups in total. The van der Waals surface area contributed by atoms with E-state index in [9.17, 15) is 10.4 Å². The van der Waals surface area contributed by atoms with Crippen molar-refractivity contribution >= 4 is 21.6 Å². The zero-order chi connectivity index (χ0) is 18.4. The van der Waals surface area contributed by atoms with Gasteiger partial charge in [-0.3, -0.25) is 4.68 Å². The summed E-state index contributed by atoms with van der Waals surface area (Å²) in [5.41, 5.74) is 1.18. The standard InChI is InChI=1S/C18H18BrFN4O2/c1-23-18(13(19)8-22-23)16-12(7-21)15(26-11-2-3-11)6-14(17(16)20)24-5-4-10(25)9-24/h6,8,10-11,25H,2-5,9H2,1H3. The van der Waals surface area contributed by atoms with Crippen LogP contribution in [0.1, 0.15) is 24.8 Å². The Balaban J connectivity index is 1.94. The van der Waals surface area contributed by atoms with E-state index in [2.05, 4.69) is 27.1 Å². The number of rotatable bonds is 4. The molecule has 4 rings (SSSR count). The van der Waals surface area contributed by atoms with Crippen LogP contribution < -0.4 is 9.64 Å². The first-order valence-corrected chi connectivity index (χ1v) is 9.33. The topological polar surface area (TPSA) is 74.3 Å². The smallest absolute Gasteiger partial charge is 0.157 e. The number of aliphatic hydroxyl groups is 1. The Bertz CT molecular complexity index is 884. The van der Waals surface area contributed by atoms with Gasteiger partial charge < -0.3 is 14.7 Å². The molecule has 136 valence electrons. The molecule has 1 aliphatic carbocycles. The Morgan fingerprint density at radius 1 is 1.42 bits per heavy atom. The van der Waals surface area contributed by atoms with E-state index in [0.29, 0.717) is 41.1 Å². The van der Waals surface area contributed by atoms with Gasteiger partial charge in [0.2, 0.25) is 0 Å². The van der Waals surface area contributed by atoms with E-state index in [-0.39, 0.29) is 17.2 Å². The number of hydrogen-bond acceptors (Lipinski definition) is 5. The molecule has 1 saturated heterocycles. The lowest BCUT2D eigenvalue weighted by molar-refractivity contribution is 0.198. The summed E-state index contributed by atoms with van der Waals surface area (Å²) < 4.78 is 23.6.